The molecule has 0 aliphatic carbocycles. The van der Waals surface area contributed by atoms with E-state index in [-0.39, 0.29) is 17.1 Å². The number of nitro benzene ring substituents is 1. The predicted octanol–water partition coefficient (Wildman–Crippen LogP) is 4.15. The minimum Gasteiger partial charge on any atom is -0.453 e. The summed E-state index contributed by atoms with van der Waals surface area (Å²) in [4.78, 5) is 26.7. The third kappa shape index (κ3) is 4.16. The Kier molecular flexibility index (Phi) is 5.21. The zero-order valence-electron chi connectivity index (χ0n) is 15.9. The van der Waals surface area contributed by atoms with Crippen LogP contribution in [0.2, 0.25) is 0 Å². The molecule has 0 unspecified atom stereocenters. The molecule has 0 atom stereocenters. The quantitative estimate of drug-likeness (QED) is 0.514. The van der Waals surface area contributed by atoms with Gasteiger partial charge in [0.2, 0.25) is 0 Å². The van der Waals surface area contributed by atoms with Crippen molar-refractivity contribution in [2.24, 2.45) is 0 Å². The zero-order chi connectivity index (χ0) is 21.3. The molecule has 0 aliphatic heterocycles. The number of pyridine rings is 1. The van der Waals surface area contributed by atoms with Crippen LogP contribution in [0.25, 0.3) is 11.0 Å². The maximum absolute atomic E-state index is 14.2. The summed E-state index contributed by atoms with van der Waals surface area (Å²) in [5, 5.41) is 20.8. The first-order valence-electron chi connectivity index (χ1n) is 8.55. The van der Waals surface area contributed by atoms with Gasteiger partial charge in [0.15, 0.2) is 17.2 Å². The van der Waals surface area contributed by atoms with E-state index < -0.39 is 34.7 Å². The lowest BCUT2D eigenvalue weighted by Gasteiger charge is -2.19. The van der Waals surface area contributed by atoms with Crippen LogP contribution in [0, 0.1) is 15.9 Å². The number of carbonyl (C=O) groups is 1. The highest BCUT2D eigenvalue weighted by Gasteiger charge is 2.23. The van der Waals surface area contributed by atoms with Crippen LogP contribution in [0.3, 0.4) is 0 Å². The van der Waals surface area contributed by atoms with Gasteiger partial charge >= 0.3 is 6.09 Å². The SMILES string of the molecule is CC(C)(C)OC(=O)n1cc(CO)c2c(Oc3ccc([N+](=O)[O-])cc3F)ccnc21. The van der Waals surface area contributed by atoms with Crippen LogP contribution in [0.4, 0.5) is 14.9 Å². The Bertz CT molecular complexity index is 1100. The number of fused-ring (bicyclic) bond motifs is 1. The van der Waals surface area contributed by atoms with Gasteiger partial charge in [0.05, 0.1) is 23.0 Å². The number of halogens is 1. The molecule has 0 bridgehead atoms. The van der Waals surface area contributed by atoms with Gasteiger partial charge < -0.3 is 14.6 Å². The van der Waals surface area contributed by atoms with Gasteiger partial charge in [-0.2, -0.15) is 0 Å². The first kappa shape index (κ1) is 20.2. The maximum Gasteiger partial charge on any atom is 0.420 e. The number of ether oxygens (including phenoxy) is 2. The molecular formula is C19H18FN3O6. The van der Waals surface area contributed by atoms with Crippen LogP contribution >= 0.6 is 0 Å². The summed E-state index contributed by atoms with van der Waals surface area (Å²) >= 11 is 0. The molecule has 2 heterocycles. The highest BCUT2D eigenvalue weighted by atomic mass is 19.1. The fourth-order valence-corrected chi connectivity index (χ4v) is 2.66. The summed E-state index contributed by atoms with van der Waals surface area (Å²) in [7, 11) is 0. The number of carbonyl (C=O) groups excluding carboxylic acids is 1. The Labute approximate surface area is 164 Å². The second-order valence-electron chi connectivity index (χ2n) is 7.14. The Morgan fingerprint density at radius 1 is 1.31 bits per heavy atom. The lowest BCUT2D eigenvalue weighted by Crippen LogP contribution is -2.26. The van der Waals surface area contributed by atoms with E-state index in [0.29, 0.717) is 10.9 Å². The van der Waals surface area contributed by atoms with Crippen LogP contribution in [-0.4, -0.2) is 31.3 Å². The fourth-order valence-electron chi connectivity index (χ4n) is 2.66. The Morgan fingerprint density at radius 2 is 2.03 bits per heavy atom. The van der Waals surface area contributed by atoms with Gasteiger partial charge in [-0.1, -0.05) is 0 Å². The summed E-state index contributed by atoms with van der Waals surface area (Å²) in [6, 6.07) is 4.41. The number of aliphatic hydroxyl groups is 1. The second kappa shape index (κ2) is 7.47. The Morgan fingerprint density at radius 3 is 2.62 bits per heavy atom. The highest BCUT2D eigenvalue weighted by Crippen LogP contribution is 2.35. The van der Waals surface area contributed by atoms with Crippen molar-refractivity contribution in [3.63, 3.8) is 0 Å². The summed E-state index contributed by atoms with van der Waals surface area (Å²) in [5.41, 5.74) is -0.690. The minimum absolute atomic E-state index is 0.120. The van der Waals surface area contributed by atoms with Crippen molar-refractivity contribution in [1.29, 1.82) is 0 Å². The van der Waals surface area contributed by atoms with Gasteiger partial charge in [-0.25, -0.2) is 18.7 Å². The van der Waals surface area contributed by atoms with Crippen molar-refractivity contribution in [3.05, 3.63) is 58.2 Å². The number of aliphatic hydroxyl groups excluding tert-OH is 1. The van der Waals surface area contributed by atoms with Crippen LogP contribution in [0.1, 0.15) is 26.3 Å². The molecule has 29 heavy (non-hydrogen) atoms. The van der Waals surface area contributed by atoms with Crippen molar-refractivity contribution in [1.82, 2.24) is 9.55 Å². The van der Waals surface area contributed by atoms with Crippen molar-refractivity contribution in [2.45, 2.75) is 33.0 Å². The molecule has 1 aromatic carbocycles. The molecule has 0 saturated carbocycles. The first-order valence-corrected chi connectivity index (χ1v) is 8.55. The third-order valence-corrected chi connectivity index (χ3v) is 3.83. The smallest absolute Gasteiger partial charge is 0.420 e. The summed E-state index contributed by atoms with van der Waals surface area (Å²) in [6.07, 6.45) is 2.02. The van der Waals surface area contributed by atoms with Crippen LogP contribution in [0.15, 0.2) is 36.7 Å². The van der Waals surface area contributed by atoms with Crippen molar-refractivity contribution >= 4 is 22.8 Å². The van der Waals surface area contributed by atoms with Gasteiger partial charge in [0.25, 0.3) is 5.69 Å². The fraction of sp³-hybridized carbons (Fsp3) is 0.263. The summed E-state index contributed by atoms with van der Waals surface area (Å²) < 4.78 is 26.3. The van der Waals surface area contributed by atoms with Crippen LogP contribution < -0.4 is 4.74 Å². The van der Waals surface area contributed by atoms with Gasteiger partial charge in [0.1, 0.15) is 11.4 Å². The second-order valence-corrected chi connectivity index (χ2v) is 7.14. The van der Waals surface area contributed by atoms with Crippen LogP contribution in [-0.2, 0) is 11.3 Å². The Hall–Kier alpha value is -3.53. The van der Waals surface area contributed by atoms with Crippen molar-refractivity contribution in [3.8, 4) is 11.5 Å². The number of aromatic nitrogens is 2. The molecule has 3 rings (SSSR count). The van der Waals surface area contributed by atoms with Crippen LogP contribution in [0.5, 0.6) is 11.5 Å². The topological polar surface area (TPSA) is 117 Å². The molecule has 9 nitrogen and oxygen atoms in total. The van der Waals surface area contributed by atoms with E-state index in [1.165, 1.54) is 18.5 Å². The minimum atomic E-state index is -0.929. The lowest BCUT2D eigenvalue weighted by atomic mass is 10.2. The number of hydrogen-bond donors (Lipinski definition) is 1. The van der Waals surface area contributed by atoms with E-state index in [0.717, 1.165) is 22.8 Å². The van der Waals surface area contributed by atoms with Gasteiger partial charge in [0, 0.05) is 24.0 Å². The monoisotopic (exact) mass is 403 g/mol. The number of hydrogen-bond acceptors (Lipinski definition) is 7. The molecular weight excluding hydrogens is 385 g/mol. The average molecular weight is 403 g/mol. The Balaban J connectivity index is 2.06. The van der Waals surface area contributed by atoms with Crippen molar-refractivity contribution in [2.75, 3.05) is 0 Å². The highest BCUT2D eigenvalue weighted by molar-refractivity contribution is 5.93. The standard InChI is InChI=1S/C19H18FN3O6/c1-19(2,3)29-18(25)22-9-11(10-24)16-15(6-7-21-17(16)22)28-14-5-4-12(23(26)27)8-13(14)20/h4-9,24H,10H2,1-3H3. The molecule has 10 heteroatoms. The molecule has 152 valence electrons. The summed E-state index contributed by atoms with van der Waals surface area (Å²) in [5.74, 6) is -1.06. The zero-order valence-corrected chi connectivity index (χ0v) is 15.9. The molecule has 3 aromatic rings. The number of non-ortho nitro benzene ring substituents is 1. The van der Waals surface area contributed by atoms with Crippen molar-refractivity contribution < 1.29 is 28.7 Å². The third-order valence-electron chi connectivity index (χ3n) is 3.83. The van der Waals surface area contributed by atoms with E-state index in [4.69, 9.17) is 9.47 Å². The largest absolute Gasteiger partial charge is 0.453 e. The number of nitrogens with zero attached hydrogens (tertiary/aromatic N) is 3. The van der Waals surface area contributed by atoms with Gasteiger partial charge in [-0.05, 0) is 32.9 Å². The number of nitro groups is 1. The van der Waals surface area contributed by atoms with Gasteiger partial charge in [-0.15, -0.1) is 0 Å². The number of benzene rings is 1. The van der Waals surface area contributed by atoms with Gasteiger partial charge in [-0.3, -0.25) is 10.1 Å². The predicted molar refractivity (Wildman–Crippen MR) is 100 cm³/mol. The average Bonchev–Trinajstić information content (AvgIpc) is 3.02. The molecule has 0 aliphatic rings. The van der Waals surface area contributed by atoms with E-state index in [9.17, 15) is 24.4 Å². The van der Waals surface area contributed by atoms with E-state index >= 15 is 0 Å². The van der Waals surface area contributed by atoms with E-state index in [1.807, 2.05) is 0 Å². The summed E-state index contributed by atoms with van der Waals surface area (Å²) in [6.45, 7) is 4.70. The first-order chi connectivity index (χ1) is 13.6. The van der Waals surface area contributed by atoms with E-state index in [2.05, 4.69) is 4.98 Å². The molecule has 0 amide bonds. The molecule has 2 aromatic heterocycles. The lowest BCUT2D eigenvalue weighted by molar-refractivity contribution is -0.385. The maximum atomic E-state index is 14.2. The number of rotatable bonds is 4. The van der Waals surface area contributed by atoms with E-state index in [1.54, 1.807) is 20.8 Å². The molecule has 0 radical (unpaired) electrons. The molecule has 0 spiro atoms. The normalized spacial score (nSPS) is 11.5. The molecule has 0 saturated heterocycles. The molecule has 0 fully saturated rings. The molecule has 1 N–H and O–H groups in total.